The van der Waals surface area contributed by atoms with Gasteiger partial charge >= 0.3 is 59.1 Å². The summed E-state index contributed by atoms with van der Waals surface area (Å²) < 4.78 is 73.6. The van der Waals surface area contributed by atoms with E-state index in [4.69, 9.17) is 0 Å². The summed E-state index contributed by atoms with van der Waals surface area (Å²) in [7, 11) is -10.0. The first-order valence-electron chi connectivity index (χ1n) is 19.5. The third-order valence-corrected chi connectivity index (χ3v) is 10.9. The Morgan fingerprint density at radius 3 is 1.44 bits per heavy atom. The Balaban J connectivity index is 0.00000476. The summed E-state index contributed by atoms with van der Waals surface area (Å²) in [5.41, 5.74) is 1.56. The minimum Gasteiger partial charge on any atom is -0.744 e. The molecule has 21 nitrogen and oxygen atoms in total. The Hall–Kier alpha value is -4.70. The van der Waals surface area contributed by atoms with Crippen LogP contribution in [0.3, 0.4) is 0 Å². The maximum Gasteiger partial charge on any atom is 1.00 e. The van der Waals surface area contributed by atoms with Gasteiger partial charge in [0.1, 0.15) is 20.8 Å². The summed E-state index contributed by atoms with van der Waals surface area (Å²) >= 11 is 0. The van der Waals surface area contributed by atoms with E-state index in [1.165, 1.54) is 41.3 Å². The molecule has 2 heterocycles. The molecule has 0 spiro atoms. The zero-order chi connectivity index (χ0) is 45.7. The van der Waals surface area contributed by atoms with Crippen molar-refractivity contribution in [1.82, 2.24) is 29.9 Å². The molecule has 6 rings (SSSR count). The zero-order valence-electron chi connectivity index (χ0n) is 35.9. The van der Waals surface area contributed by atoms with Crippen LogP contribution in [0.15, 0.2) is 107 Å². The molecule has 66 heavy (non-hydrogen) atoms. The number of nitrogens with zero attached hydrogens (tertiary/aromatic N) is 8. The van der Waals surface area contributed by atoms with Crippen molar-refractivity contribution in [3.63, 3.8) is 0 Å². The van der Waals surface area contributed by atoms with Gasteiger partial charge in [-0.3, -0.25) is 4.55 Å². The zero-order valence-corrected chi connectivity index (χ0v) is 41.6. The van der Waals surface area contributed by atoms with Gasteiger partial charge in [0, 0.05) is 49.7 Å². The molecule has 0 radical (unpaired) electrons. The molecule has 25 heteroatoms. The third kappa shape index (κ3) is 15.4. The molecule has 0 unspecified atom stereocenters. The summed E-state index contributed by atoms with van der Waals surface area (Å²) in [4.78, 5) is 28.5. The number of benzene rings is 4. The molecule has 8 N–H and O–H groups in total. The number of para-hydroxylation sites is 2. The predicted molar refractivity (Wildman–Crippen MR) is 238 cm³/mol. The van der Waals surface area contributed by atoms with E-state index < -0.39 is 30.0 Å². The molecule has 336 valence electrons. The van der Waals surface area contributed by atoms with Crippen molar-refractivity contribution in [2.24, 2.45) is 0 Å². The number of aliphatic hydroxyl groups excluding tert-OH is 4. The van der Waals surface area contributed by atoms with Gasteiger partial charge in [0.2, 0.25) is 29.7 Å². The Labute approximate surface area is 425 Å². The fourth-order valence-electron chi connectivity index (χ4n) is 6.22. The van der Waals surface area contributed by atoms with Crippen LogP contribution in [0, 0.1) is 0 Å². The van der Waals surface area contributed by atoms with Crippen molar-refractivity contribution in [2.75, 3.05) is 78.4 Å². The van der Waals surface area contributed by atoms with E-state index in [1.54, 1.807) is 59.5 Å². The van der Waals surface area contributed by atoms with Crippen LogP contribution in [-0.4, -0.2) is 129 Å². The van der Waals surface area contributed by atoms with E-state index in [0.717, 1.165) is 6.07 Å². The van der Waals surface area contributed by atoms with Crippen molar-refractivity contribution < 1.29 is 105 Å². The molecule has 0 atom stereocenters. The molecule has 4 aromatic carbocycles. The topological polar surface area (TPSA) is 312 Å². The molecule has 0 saturated carbocycles. The number of anilines is 8. The quantitative estimate of drug-likeness (QED) is 0.0189. The van der Waals surface area contributed by atoms with Crippen molar-refractivity contribution >= 4 is 79.2 Å². The van der Waals surface area contributed by atoms with E-state index in [-0.39, 0.29) is 171 Å². The standard InChI is InChI=1S/C41H45N11O10S2.2Na/c53-21-17-51(18-22-54)40-46-36(45-37(48-40)42-31-7-3-1-4-8-31)26-28-11-12-29(34(25-28)63(57,58)59)13-14-30-15-16-33(27-35(30)64(60,61)62)44-39-47-38(43-32-9-5-2-6-10-32)49-41(50-39)52(19-23-55)20-24-56;;/h1-16,25,27,53-56H,17-24,26H2,(H,57,58,59)(H,60,61,62)(H,42,45,46,48)(H2,43,44,47,49,50);;/q;2*+1/p-1/b14-13+;;. The largest absolute Gasteiger partial charge is 1.00 e. The third-order valence-electron chi connectivity index (χ3n) is 9.10. The molecule has 6 aromatic rings. The molecular weight excluding hydrogens is 917 g/mol. The molecule has 0 aliphatic carbocycles. The van der Waals surface area contributed by atoms with Crippen LogP contribution in [0.1, 0.15) is 22.5 Å². The van der Waals surface area contributed by atoms with Crippen LogP contribution >= 0.6 is 0 Å². The van der Waals surface area contributed by atoms with Gasteiger partial charge in [0.25, 0.3) is 10.1 Å². The molecule has 2 aromatic heterocycles. The minimum absolute atomic E-state index is 0. The molecule has 0 aliphatic rings. The summed E-state index contributed by atoms with van der Waals surface area (Å²) in [6.45, 7) is -0.731. The van der Waals surface area contributed by atoms with Crippen LogP contribution in [0.2, 0.25) is 0 Å². The van der Waals surface area contributed by atoms with Crippen LogP contribution in [-0.2, 0) is 26.7 Å². The number of hydrogen-bond acceptors (Lipinski definition) is 20. The number of hydrogen-bond donors (Lipinski definition) is 8. The maximum absolute atomic E-state index is 12.7. The van der Waals surface area contributed by atoms with Crippen LogP contribution < -0.4 is 84.9 Å². The fraction of sp³-hybridized carbons (Fsp3) is 0.220. The molecule has 0 saturated heterocycles. The van der Waals surface area contributed by atoms with Gasteiger partial charge in [-0.05, 0) is 59.2 Å². The van der Waals surface area contributed by atoms with E-state index in [0.29, 0.717) is 16.9 Å². The van der Waals surface area contributed by atoms with Gasteiger partial charge < -0.3 is 50.7 Å². The second kappa shape index (κ2) is 25.4. The Bertz CT molecular complexity index is 2590. The first kappa shape index (κ1) is 53.9. The van der Waals surface area contributed by atoms with Crippen LogP contribution in [0.25, 0.3) is 12.2 Å². The number of nitrogens with one attached hydrogen (secondary N) is 3. The van der Waals surface area contributed by atoms with Gasteiger partial charge in [-0.1, -0.05) is 66.7 Å². The Morgan fingerprint density at radius 2 is 0.970 bits per heavy atom. The van der Waals surface area contributed by atoms with E-state index >= 15 is 0 Å². The first-order chi connectivity index (χ1) is 30.8. The van der Waals surface area contributed by atoms with Crippen LogP contribution in [0.4, 0.5) is 46.8 Å². The normalized spacial score (nSPS) is 11.4. The van der Waals surface area contributed by atoms with Crippen molar-refractivity contribution in [1.29, 1.82) is 0 Å². The van der Waals surface area contributed by atoms with Gasteiger partial charge in [-0.2, -0.15) is 38.3 Å². The second-order valence-electron chi connectivity index (χ2n) is 13.7. The van der Waals surface area contributed by atoms with Crippen molar-refractivity contribution in [3.8, 4) is 0 Å². The number of aliphatic hydroxyl groups is 4. The molecule has 0 bridgehead atoms. The predicted octanol–water partition coefficient (Wildman–Crippen LogP) is -3.21. The minimum atomic E-state index is -5.15. The van der Waals surface area contributed by atoms with E-state index in [1.807, 2.05) is 12.1 Å². The summed E-state index contributed by atoms with van der Waals surface area (Å²) in [6, 6.07) is 25.9. The summed E-state index contributed by atoms with van der Waals surface area (Å²) in [6.07, 6.45) is 2.38. The first-order valence-corrected chi connectivity index (χ1v) is 22.3. The summed E-state index contributed by atoms with van der Waals surface area (Å²) in [5.74, 6) is 0.514. The molecule has 0 fully saturated rings. The van der Waals surface area contributed by atoms with Gasteiger partial charge in [0.15, 0.2) is 0 Å². The Kier molecular flexibility index (Phi) is 20.8. The van der Waals surface area contributed by atoms with Gasteiger partial charge in [-0.15, -0.1) is 0 Å². The fourth-order valence-corrected chi connectivity index (χ4v) is 7.65. The number of aromatic nitrogens is 6. The molecule has 0 aliphatic heterocycles. The SMILES string of the molecule is O=S(=O)([O-])c1cc(Nc2nc(Nc3ccccc3)nc(N(CCO)CCO)n2)ccc1/C=C/c1ccc(Cc2nc(Nc3ccccc3)nc(N(CCO)CCO)n2)cc1S(=O)(=O)O.[Na+].[Na+]. The second-order valence-corrected chi connectivity index (χ2v) is 16.4. The maximum atomic E-state index is 12.7. The van der Waals surface area contributed by atoms with E-state index in [9.17, 15) is 46.4 Å². The number of rotatable bonds is 22. The van der Waals surface area contributed by atoms with Crippen molar-refractivity contribution in [2.45, 2.75) is 16.2 Å². The molecule has 0 amide bonds. The van der Waals surface area contributed by atoms with Crippen LogP contribution in [0.5, 0.6) is 0 Å². The van der Waals surface area contributed by atoms with Gasteiger partial charge in [0.05, 0.1) is 31.3 Å². The van der Waals surface area contributed by atoms with Gasteiger partial charge in [-0.25, -0.2) is 8.42 Å². The average Bonchev–Trinajstić information content (AvgIpc) is 3.26. The smallest absolute Gasteiger partial charge is 0.744 e. The Morgan fingerprint density at radius 1 is 0.530 bits per heavy atom. The average molecular weight is 961 g/mol. The van der Waals surface area contributed by atoms with E-state index in [2.05, 4.69) is 45.9 Å². The molecular formula is C41H44N11Na2O10S2+. The summed E-state index contributed by atoms with van der Waals surface area (Å²) in [5, 5.41) is 47.5. The van der Waals surface area contributed by atoms with Crippen molar-refractivity contribution in [3.05, 3.63) is 120 Å². The monoisotopic (exact) mass is 960 g/mol.